The fourth-order valence-electron chi connectivity index (χ4n) is 1.89. The fourth-order valence-corrected chi connectivity index (χ4v) is 1.89. The third-order valence-electron chi connectivity index (χ3n) is 2.96. The molecule has 0 aromatic heterocycles. The first-order valence-electron chi connectivity index (χ1n) is 6.54. The molecule has 0 bridgehead atoms. The Morgan fingerprint density at radius 3 is 2.60 bits per heavy atom. The average Bonchev–Trinajstić information content (AvgIpc) is 2.45. The van der Waals surface area contributed by atoms with Crippen LogP contribution in [-0.2, 0) is 17.9 Å². The van der Waals surface area contributed by atoms with E-state index in [0.717, 1.165) is 17.3 Å². The third-order valence-corrected chi connectivity index (χ3v) is 2.96. The maximum atomic E-state index is 13.6. The summed E-state index contributed by atoms with van der Waals surface area (Å²) in [7, 11) is 0. The normalized spacial score (nSPS) is 10.6. The van der Waals surface area contributed by atoms with E-state index >= 15 is 0 Å². The van der Waals surface area contributed by atoms with Gasteiger partial charge in [-0.1, -0.05) is 24.3 Å². The number of nitrogens with one attached hydrogen (secondary N) is 1. The molecule has 2 aromatic rings. The standard InChI is InChI=1S/C16H17F2NO/c1-2-20-11-13-5-3-4-6-16(13)19-10-12-7-8-14(17)9-15(12)18/h3-9,19H,2,10-11H2,1H3. The Morgan fingerprint density at radius 2 is 1.85 bits per heavy atom. The van der Waals surface area contributed by atoms with Crippen LogP contribution in [0.5, 0.6) is 0 Å². The summed E-state index contributed by atoms with van der Waals surface area (Å²) in [5, 5.41) is 3.16. The number of ether oxygens (including phenoxy) is 1. The first kappa shape index (κ1) is 14.5. The molecule has 1 N–H and O–H groups in total. The number of hydrogen-bond acceptors (Lipinski definition) is 2. The first-order chi connectivity index (χ1) is 9.70. The lowest BCUT2D eigenvalue weighted by atomic mass is 10.1. The molecule has 0 aliphatic carbocycles. The summed E-state index contributed by atoms with van der Waals surface area (Å²) in [6.45, 7) is 3.38. The minimum absolute atomic E-state index is 0.301. The summed E-state index contributed by atoms with van der Waals surface area (Å²) in [5.74, 6) is -1.11. The highest BCUT2D eigenvalue weighted by molar-refractivity contribution is 5.51. The van der Waals surface area contributed by atoms with Gasteiger partial charge in [0.1, 0.15) is 11.6 Å². The van der Waals surface area contributed by atoms with Crippen molar-refractivity contribution in [3.8, 4) is 0 Å². The number of benzene rings is 2. The van der Waals surface area contributed by atoms with Crippen LogP contribution in [0.4, 0.5) is 14.5 Å². The zero-order chi connectivity index (χ0) is 14.4. The quantitative estimate of drug-likeness (QED) is 0.857. The summed E-state index contributed by atoms with van der Waals surface area (Å²) in [6, 6.07) is 11.3. The maximum absolute atomic E-state index is 13.6. The van der Waals surface area contributed by atoms with E-state index in [1.165, 1.54) is 12.1 Å². The van der Waals surface area contributed by atoms with Gasteiger partial charge >= 0.3 is 0 Å². The van der Waals surface area contributed by atoms with Crippen LogP contribution in [-0.4, -0.2) is 6.61 Å². The van der Waals surface area contributed by atoms with E-state index in [0.29, 0.717) is 25.3 Å². The molecular formula is C16H17F2NO. The lowest BCUT2D eigenvalue weighted by Crippen LogP contribution is -2.05. The topological polar surface area (TPSA) is 21.3 Å². The van der Waals surface area contributed by atoms with Crippen molar-refractivity contribution in [1.82, 2.24) is 0 Å². The van der Waals surface area contributed by atoms with Crippen LogP contribution >= 0.6 is 0 Å². The van der Waals surface area contributed by atoms with Gasteiger partial charge in [0, 0.05) is 36.0 Å². The minimum atomic E-state index is -0.567. The Hall–Kier alpha value is -1.94. The SMILES string of the molecule is CCOCc1ccccc1NCc1ccc(F)cc1F. The molecule has 0 unspecified atom stereocenters. The number of anilines is 1. The Morgan fingerprint density at radius 1 is 1.05 bits per heavy atom. The molecule has 0 aliphatic heterocycles. The van der Waals surface area contributed by atoms with E-state index in [-0.39, 0.29) is 0 Å². The largest absolute Gasteiger partial charge is 0.381 e. The van der Waals surface area contributed by atoms with Crippen LogP contribution in [0.25, 0.3) is 0 Å². The van der Waals surface area contributed by atoms with Crippen molar-refractivity contribution in [2.45, 2.75) is 20.1 Å². The van der Waals surface area contributed by atoms with Gasteiger partial charge in [-0.2, -0.15) is 0 Å². The van der Waals surface area contributed by atoms with Gasteiger partial charge in [0.25, 0.3) is 0 Å². The molecule has 2 rings (SSSR count). The predicted molar refractivity (Wildman–Crippen MR) is 75.5 cm³/mol. The number of halogens is 2. The molecule has 0 radical (unpaired) electrons. The lowest BCUT2D eigenvalue weighted by molar-refractivity contribution is 0.134. The molecule has 0 saturated heterocycles. The smallest absolute Gasteiger partial charge is 0.131 e. The van der Waals surface area contributed by atoms with Gasteiger partial charge in [0.15, 0.2) is 0 Å². The summed E-state index contributed by atoms with van der Waals surface area (Å²) in [4.78, 5) is 0. The van der Waals surface area contributed by atoms with Crippen LogP contribution in [0.15, 0.2) is 42.5 Å². The van der Waals surface area contributed by atoms with Crippen molar-refractivity contribution in [2.75, 3.05) is 11.9 Å². The molecule has 0 spiro atoms. The first-order valence-corrected chi connectivity index (χ1v) is 6.54. The molecule has 0 heterocycles. The van der Waals surface area contributed by atoms with Crippen molar-refractivity contribution in [3.63, 3.8) is 0 Å². The Bertz CT molecular complexity index is 572. The highest BCUT2D eigenvalue weighted by Crippen LogP contribution is 2.18. The molecule has 20 heavy (non-hydrogen) atoms. The highest BCUT2D eigenvalue weighted by atomic mass is 19.1. The third kappa shape index (κ3) is 3.78. The monoisotopic (exact) mass is 277 g/mol. The van der Waals surface area contributed by atoms with Crippen molar-refractivity contribution >= 4 is 5.69 Å². The summed E-state index contributed by atoms with van der Waals surface area (Å²) < 4.78 is 31.8. The second-order valence-corrected chi connectivity index (χ2v) is 4.38. The highest BCUT2D eigenvalue weighted by Gasteiger charge is 2.05. The van der Waals surface area contributed by atoms with Gasteiger partial charge in [0.2, 0.25) is 0 Å². The summed E-state index contributed by atoms with van der Waals surface area (Å²) in [6.07, 6.45) is 0. The second-order valence-electron chi connectivity index (χ2n) is 4.38. The maximum Gasteiger partial charge on any atom is 0.131 e. The van der Waals surface area contributed by atoms with E-state index in [2.05, 4.69) is 5.32 Å². The fraction of sp³-hybridized carbons (Fsp3) is 0.250. The van der Waals surface area contributed by atoms with Gasteiger partial charge in [-0.15, -0.1) is 0 Å². The molecule has 0 amide bonds. The van der Waals surface area contributed by atoms with Crippen LogP contribution in [0.3, 0.4) is 0 Å². The van der Waals surface area contributed by atoms with Gasteiger partial charge in [-0.05, 0) is 19.1 Å². The molecule has 2 aromatic carbocycles. The molecule has 0 fully saturated rings. The molecule has 0 atom stereocenters. The van der Waals surface area contributed by atoms with Crippen LogP contribution in [0, 0.1) is 11.6 Å². The van der Waals surface area contributed by atoms with Crippen LogP contribution < -0.4 is 5.32 Å². The van der Waals surface area contributed by atoms with E-state index < -0.39 is 11.6 Å². The van der Waals surface area contributed by atoms with Gasteiger partial charge in [-0.25, -0.2) is 8.78 Å². The second kappa shape index (κ2) is 7.01. The summed E-state index contributed by atoms with van der Waals surface area (Å²) >= 11 is 0. The van der Waals surface area contributed by atoms with Gasteiger partial charge in [0.05, 0.1) is 6.61 Å². The lowest BCUT2D eigenvalue weighted by Gasteiger charge is -2.12. The zero-order valence-electron chi connectivity index (χ0n) is 11.3. The zero-order valence-corrected chi connectivity index (χ0v) is 11.3. The van der Waals surface area contributed by atoms with E-state index in [1.807, 2.05) is 31.2 Å². The Kier molecular flexibility index (Phi) is 5.07. The average molecular weight is 277 g/mol. The molecular weight excluding hydrogens is 260 g/mol. The van der Waals surface area contributed by atoms with Gasteiger partial charge in [-0.3, -0.25) is 0 Å². The minimum Gasteiger partial charge on any atom is -0.381 e. The summed E-state index contributed by atoms with van der Waals surface area (Å²) in [5.41, 5.74) is 2.33. The van der Waals surface area contributed by atoms with Crippen LogP contribution in [0.1, 0.15) is 18.1 Å². The number of para-hydroxylation sites is 1. The molecule has 2 nitrogen and oxygen atoms in total. The van der Waals surface area contributed by atoms with Crippen molar-refractivity contribution in [2.24, 2.45) is 0 Å². The molecule has 0 aliphatic rings. The van der Waals surface area contributed by atoms with E-state index in [4.69, 9.17) is 4.74 Å². The van der Waals surface area contributed by atoms with Gasteiger partial charge < -0.3 is 10.1 Å². The molecule has 106 valence electrons. The molecule has 4 heteroatoms. The van der Waals surface area contributed by atoms with E-state index in [1.54, 1.807) is 0 Å². The van der Waals surface area contributed by atoms with Crippen molar-refractivity contribution < 1.29 is 13.5 Å². The Balaban J connectivity index is 2.06. The molecule has 0 saturated carbocycles. The predicted octanol–water partition coefficient (Wildman–Crippen LogP) is 4.11. The number of hydrogen-bond donors (Lipinski definition) is 1. The van der Waals surface area contributed by atoms with Crippen molar-refractivity contribution in [1.29, 1.82) is 0 Å². The van der Waals surface area contributed by atoms with Crippen molar-refractivity contribution in [3.05, 3.63) is 65.2 Å². The van der Waals surface area contributed by atoms with E-state index in [9.17, 15) is 8.78 Å². The Labute approximate surface area is 117 Å². The number of rotatable bonds is 6. The van der Waals surface area contributed by atoms with Crippen LogP contribution in [0.2, 0.25) is 0 Å².